The maximum atomic E-state index is 13.4. The van der Waals surface area contributed by atoms with E-state index in [1.54, 1.807) is 35.7 Å². The standard InChI is InChI=1S/C24H27N3O4S2/c1-31-22-9-4-3-8-21(22)27(33(29,30)24-10-7-17-32-24)18-23(28)25-19-11-13-20(14-12-19)26-15-5-2-6-16-26/h3-4,7-14,17H,2,5-6,15-16,18H2,1H3,(H,25,28). The summed E-state index contributed by atoms with van der Waals surface area (Å²) in [6, 6.07) is 17.6. The normalized spacial score (nSPS) is 14.0. The number of hydrogen-bond acceptors (Lipinski definition) is 6. The lowest BCUT2D eigenvalue weighted by Crippen LogP contribution is -2.38. The Morgan fingerprint density at radius 2 is 1.76 bits per heavy atom. The van der Waals surface area contributed by atoms with Crippen molar-refractivity contribution in [1.29, 1.82) is 0 Å². The molecule has 2 heterocycles. The summed E-state index contributed by atoms with van der Waals surface area (Å²) in [5, 5.41) is 4.52. The van der Waals surface area contributed by atoms with Crippen molar-refractivity contribution < 1.29 is 17.9 Å². The lowest BCUT2D eigenvalue weighted by atomic mass is 10.1. The number of hydrogen-bond donors (Lipinski definition) is 1. The number of methoxy groups -OCH3 is 1. The zero-order chi connectivity index (χ0) is 23.3. The average molecular weight is 486 g/mol. The molecule has 1 fully saturated rings. The molecule has 1 aliphatic rings. The Hall–Kier alpha value is -3.04. The van der Waals surface area contributed by atoms with E-state index in [0.717, 1.165) is 34.4 Å². The van der Waals surface area contributed by atoms with E-state index >= 15 is 0 Å². The number of nitrogens with one attached hydrogen (secondary N) is 1. The van der Waals surface area contributed by atoms with Gasteiger partial charge in [-0.25, -0.2) is 8.42 Å². The van der Waals surface area contributed by atoms with E-state index in [2.05, 4.69) is 10.2 Å². The van der Waals surface area contributed by atoms with Crippen LogP contribution in [0, 0.1) is 0 Å². The molecule has 0 saturated carbocycles. The number of rotatable bonds is 8. The molecular weight excluding hydrogens is 458 g/mol. The fraction of sp³-hybridized carbons (Fsp3) is 0.292. The highest BCUT2D eigenvalue weighted by Crippen LogP contribution is 2.33. The number of thiophene rings is 1. The van der Waals surface area contributed by atoms with Crippen LogP contribution in [0.15, 0.2) is 70.3 Å². The minimum absolute atomic E-state index is 0.159. The van der Waals surface area contributed by atoms with Crippen molar-refractivity contribution >= 4 is 44.3 Å². The third-order valence-corrected chi connectivity index (χ3v) is 8.69. The number of amides is 1. The Morgan fingerprint density at radius 3 is 2.42 bits per heavy atom. The molecule has 9 heteroatoms. The SMILES string of the molecule is COc1ccccc1N(CC(=O)Nc1ccc(N2CCCCC2)cc1)S(=O)(=O)c1cccs1. The Morgan fingerprint density at radius 1 is 1.03 bits per heavy atom. The second-order valence-electron chi connectivity index (χ2n) is 7.76. The van der Waals surface area contributed by atoms with Crippen LogP contribution in [-0.2, 0) is 14.8 Å². The summed E-state index contributed by atoms with van der Waals surface area (Å²) >= 11 is 1.11. The minimum Gasteiger partial charge on any atom is -0.495 e. The number of nitrogens with zero attached hydrogens (tertiary/aromatic N) is 2. The molecule has 7 nitrogen and oxygen atoms in total. The average Bonchev–Trinajstić information content (AvgIpc) is 3.40. The van der Waals surface area contributed by atoms with E-state index in [-0.39, 0.29) is 10.8 Å². The lowest BCUT2D eigenvalue weighted by Gasteiger charge is -2.29. The van der Waals surface area contributed by atoms with Crippen LogP contribution >= 0.6 is 11.3 Å². The number of sulfonamides is 1. The van der Waals surface area contributed by atoms with Crippen LogP contribution in [0.3, 0.4) is 0 Å². The maximum absolute atomic E-state index is 13.4. The molecule has 3 aromatic rings. The molecule has 33 heavy (non-hydrogen) atoms. The van der Waals surface area contributed by atoms with Gasteiger partial charge < -0.3 is 15.0 Å². The van der Waals surface area contributed by atoms with E-state index in [1.807, 2.05) is 24.3 Å². The summed E-state index contributed by atoms with van der Waals surface area (Å²) in [5.74, 6) is -0.0666. The smallest absolute Gasteiger partial charge is 0.274 e. The first-order valence-electron chi connectivity index (χ1n) is 10.8. The number of benzene rings is 2. The molecule has 0 unspecified atom stereocenters. The summed E-state index contributed by atoms with van der Waals surface area (Å²) in [6.07, 6.45) is 3.65. The van der Waals surface area contributed by atoms with E-state index in [4.69, 9.17) is 4.74 Å². The lowest BCUT2D eigenvalue weighted by molar-refractivity contribution is -0.114. The zero-order valence-corrected chi connectivity index (χ0v) is 20.1. The Kier molecular flexibility index (Phi) is 7.20. The van der Waals surface area contributed by atoms with Crippen LogP contribution in [0.4, 0.5) is 17.1 Å². The number of carbonyl (C=O) groups excluding carboxylic acids is 1. The largest absolute Gasteiger partial charge is 0.495 e. The predicted octanol–water partition coefficient (Wildman–Crippen LogP) is 4.58. The van der Waals surface area contributed by atoms with Gasteiger partial charge >= 0.3 is 0 Å². The second-order valence-corrected chi connectivity index (χ2v) is 10.8. The summed E-state index contributed by atoms with van der Waals surface area (Å²) in [7, 11) is -2.48. The van der Waals surface area contributed by atoms with Crippen LogP contribution in [0.1, 0.15) is 19.3 Å². The van der Waals surface area contributed by atoms with Crippen LogP contribution < -0.4 is 19.3 Å². The second kappa shape index (κ2) is 10.3. The van der Waals surface area contributed by atoms with Crippen LogP contribution in [0.2, 0.25) is 0 Å². The number of carbonyl (C=O) groups is 1. The number of piperidine rings is 1. The molecule has 1 aliphatic heterocycles. The van der Waals surface area contributed by atoms with Crippen molar-refractivity contribution in [1.82, 2.24) is 0 Å². The first kappa shape index (κ1) is 23.1. The Labute approximate surface area is 198 Å². The molecule has 0 radical (unpaired) electrons. The van der Waals surface area contributed by atoms with E-state index in [9.17, 15) is 13.2 Å². The number of para-hydroxylation sites is 2. The molecule has 1 aromatic heterocycles. The Balaban J connectivity index is 1.54. The number of anilines is 3. The van der Waals surface area contributed by atoms with Gasteiger partial charge in [0.1, 0.15) is 16.5 Å². The van der Waals surface area contributed by atoms with Crippen LogP contribution in [0.5, 0.6) is 5.75 Å². The summed E-state index contributed by atoms with van der Waals surface area (Å²) in [6.45, 7) is 1.70. The van der Waals surface area contributed by atoms with Gasteiger partial charge in [-0.2, -0.15) is 0 Å². The topological polar surface area (TPSA) is 79.0 Å². The fourth-order valence-corrected chi connectivity index (χ4v) is 6.43. The fourth-order valence-electron chi connectivity index (χ4n) is 3.89. The van der Waals surface area contributed by atoms with E-state index in [1.165, 1.54) is 32.4 Å². The first-order chi connectivity index (χ1) is 16.0. The van der Waals surface area contributed by atoms with Crippen molar-refractivity contribution in [3.63, 3.8) is 0 Å². The molecule has 1 amide bonds. The van der Waals surface area contributed by atoms with Gasteiger partial charge in [-0.3, -0.25) is 9.10 Å². The van der Waals surface area contributed by atoms with Gasteiger partial charge in [-0.05, 0) is 67.1 Å². The molecule has 1 N–H and O–H groups in total. The Bertz CT molecular complexity index is 1170. The molecule has 0 spiro atoms. The molecule has 2 aromatic carbocycles. The third-order valence-electron chi connectivity index (χ3n) is 5.55. The summed E-state index contributed by atoms with van der Waals surface area (Å²) in [4.78, 5) is 15.3. The zero-order valence-electron chi connectivity index (χ0n) is 18.4. The van der Waals surface area contributed by atoms with Gasteiger partial charge in [-0.15, -0.1) is 11.3 Å². The highest BCUT2D eigenvalue weighted by Gasteiger charge is 2.30. The summed E-state index contributed by atoms with van der Waals surface area (Å²) < 4.78 is 33.4. The monoisotopic (exact) mass is 485 g/mol. The van der Waals surface area contributed by atoms with Crippen molar-refractivity contribution in [2.24, 2.45) is 0 Å². The van der Waals surface area contributed by atoms with Crippen molar-refractivity contribution in [2.75, 3.05) is 41.3 Å². The van der Waals surface area contributed by atoms with Gasteiger partial charge in [0, 0.05) is 24.5 Å². The highest BCUT2D eigenvalue weighted by molar-refractivity contribution is 7.94. The molecule has 4 rings (SSSR count). The summed E-state index contributed by atoms with van der Waals surface area (Å²) in [5.41, 5.74) is 2.06. The van der Waals surface area contributed by atoms with Gasteiger partial charge in [0.05, 0.1) is 12.8 Å². The molecule has 0 aliphatic carbocycles. The molecule has 0 atom stereocenters. The maximum Gasteiger partial charge on any atom is 0.274 e. The van der Waals surface area contributed by atoms with Crippen molar-refractivity contribution in [3.05, 3.63) is 66.0 Å². The molecular formula is C24H27N3O4S2. The minimum atomic E-state index is -3.95. The van der Waals surface area contributed by atoms with E-state index in [0.29, 0.717) is 17.1 Å². The highest BCUT2D eigenvalue weighted by atomic mass is 32.2. The van der Waals surface area contributed by atoms with Crippen molar-refractivity contribution in [3.8, 4) is 5.75 Å². The first-order valence-corrected chi connectivity index (χ1v) is 13.1. The van der Waals surface area contributed by atoms with Gasteiger partial charge in [0.25, 0.3) is 10.0 Å². The van der Waals surface area contributed by atoms with Gasteiger partial charge in [0.15, 0.2) is 0 Å². The van der Waals surface area contributed by atoms with Gasteiger partial charge in [0.2, 0.25) is 5.91 Å². The predicted molar refractivity (Wildman–Crippen MR) is 133 cm³/mol. The van der Waals surface area contributed by atoms with Crippen molar-refractivity contribution in [2.45, 2.75) is 23.5 Å². The van der Waals surface area contributed by atoms with Gasteiger partial charge in [-0.1, -0.05) is 18.2 Å². The quantitative estimate of drug-likeness (QED) is 0.505. The number of ether oxygens (including phenoxy) is 1. The molecule has 0 bridgehead atoms. The van der Waals surface area contributed by atoms with Crippen LogP contribution in [0.25, 0.3) is 0 Å². The molecule has 1 saturated heterocycles. The van der Waals surface area contributed by atoms with Crippen LogP contribution in [-0.4, -0.2) is 41.1 Å². The van der Waals surface area contributed by atoms with E-state index < -0.39 is 15.9 Å². The third kappa shape index (κ3) is 5.31. The molecule has 174 valence electrons.